The lowest BCUT2D eigenvalue weighted by molar-refractivity contribution is -0.132. The van der Waals surface area contributed by atoms with Crippen LogP contribution < -0.4 is 5.32 Å². The first-order valence-electron chi connectivity index (χ1n) is 9.48. The third-order valence-electron chi connectivity index (χ3n) is 6.14. The molecule has 5 heteroatoms. The quantitative estimate of drug-likeness (QED) is 0.899. The van der Waals surface area contributed by atoms with Crippen LogP contribution in [0.4, 0.5) is 0 Å². The number of piperidine rings is 1. The maximum Gasteiger partial charge on any atom is 0.239 e. The third-order valence-corrected chi connectivity index (χ3v) is 6.14. The summed E-state index contributed by atoms with van der Waals surface area (Å²) in [6, 6.07) is 8.69. The average molecular weight is 341 g/mol. The molecule has 4 rings (SSSR count). The molecule has 2 fully saturated rings. The standard InChI is InChI=1S/C20H27N3O2/c1-22-9-8-18(20(22)25)23-10-6-17(7-11-23)21-19(24)16-12-14-4-2-3-5-15(14)13-16/h2-5,16-18H,6-13H2,1H3,(H,21,24). The number of fused-ring (bicyclic) bond motifs is 1. The topological polar surface area (TPSA) is 52.6 Å². The number of benzene rings is 1. The summed E-state index contributed by atoms with van der Waals surface area (Å²) in [5.74, 6) is 0.540. The van der Waals surface area contributed by atoms with Crippen molar-refractivity contribution in [3.63, 3.8) is 0 Å². The van der Waals surface area contributed by atoms with Crippen LogP contribution in [0.15, 0.2) is 24.3 Å². The van der Waals surface area contributed by atoms with E-state index < -0.39 is 0 Å². The number of rotatable bonds is 3. The summed E-state index contributed by atoms with van der Waals surface area (Å²) in [5, 5.41) is 3.27. The molecule has 0 bridgehead atoms. The molecule has 25 heavy (non-hydrogen) atoms. The van der Waals surface area contributed by atoms with Gasteiger partial charge in [0.15, 0.2) is 0 Å². The molecule has 1 unspecified atom stereocenters. The summed E-state index contributed by atoms with van der Waals surface area (Å²) in [5.41, 5.74) is 2.64. The summed E-state index contributed by atoms with van der Waals surface area (Å²) in [6.45, 7) is 2.67. The molecule has 0 spiro atoms. The number of hydrogen-bond donors (Lipinski definition) is 1. The minimum atomic E-state index is 0.0611. The van der Waals surface area contributed by atoms with Crippen LogP contribution in [-0.2, 0) is 22.4 Å². The Morgan fingerprint density at radius 3 is 2.24 bits per heavy atom. The molecule has 2 heterocycles. The van der Waals surface area contributed by atoms with Gasteiger partial charge in [0.25, 0.3) is 0 Å². The van der Waals surface area contributed by atoms with E-state index in [0.29, 0.717) is 0 Å². The fourth-order valence-electron chi connectivity index (χ4n) is 4.56. The lowest BCUT2D eigenvalue weighted by atomic mass is 10.00. The number of nitrogens with one attached hydrogen (secondary N) is 1. The van der Waals surface area contributed by atoms with E-state index in [4.69, 9.17) is 0 Å². The van der Waals surface area contributed by atoms with Crippen molar-refractivity contribution in [2.24, 2.45) is 5.92 Å². The van der Waals surface area contributed by atoms with Crippen LogP contribution in [-0.4, -0.2) is 60.4 Å². The number of hydrogen-bond acceptors (Lipinski definition) is 3. The Morgan fingerprint density at radius 2 is 1.68 bits per heavy atom. The van der Waals surface area contributed by atoms with E-state index in [0.717, 1.165) is 51.7 Å². The summed E-state index contributed by atoms with van der Waals surface area (Å²) in [4.78, 5) is 28.9. The van der Waals surface area contributed by atoms with E-state index in [2.05, 4.69) is 34.5 Å². The molecule has 2 aliphatic heterocycles. The zero-order chi connectivity index (χ0) is 17.4. The molecule has 1 aromatic carbocycles. The number of carbonyl (C=O) groups is 2. The van der Waals surface area contributed by atoms with E-state index in [1.165, 1.54) is 11.1 Å². The Labute approximate surface area is 149 Å². The van der Waals surface area contributed by atoms with Gasteiger partial charge < -0.3 is 10.2 Å². The highest BCUT2D eigenvalue weighted by atomic mass is 16.2. The van der Waals surface area contributed by atoms with Crippen molar-refractivity contribution in [3.8, 4) is 0 Å². The van der Waals surface area contributed by atoms with Crippen LogP contribution in [0.3, 0.4) is 0 Å². The molecular formula is C20H27N3O2. The van der Waals surface area contributed by atoms with Crippen LogP contribution in [0.2, 0.25) is 0 Å². The molecule has 2 saturated heterocycles. The molecule has 2 amide bonds. The molecular weight excluding hydrogens is 314 g/mol. The minimum Gasteiger partial charge on any atom is -0.353 e. The van der Waals surface area contributed by atoms with Crippen molar-refractivity contribution >= 4 is 11.8 Å². The van der Waals surface area contributed by atoms with Crippen LogP contribution in [0.1, 0.15) is 30.4 Å². The highest BCUT2D eigenvalue weighted by molar-refractivity contribution is 5.83. The number of amides is 2. The summed E-state index contributed by atoms with van der Waals surface area (Å²) in [6.07, 6.45) is 4.55. The molecule has 1 atom stereocenters. The Hall–Kier alpha value is -1.88. The monoisotopic (exact) mass is 341 g/mol. The lowest BCUT2D eigenvalue weighted by Gasteiger charge is -2.35. The van der Waals surface area contributed by atoms with Gasteiger partial charge in [0.1, 0.15) is 0 Å². The van der Waals surface area contributed by atoms with Crippen LogP contribution >= 0.6 is 0 Å². The van der Waals surface area contributed by atoms with Gasteiger partial charge in [-0.2, -0.15) is 0 Å². The van der Waals surface area contributed by atoms with E-state index in [-0.39, 0.29) is 29.8 Å². The Bertz CT molecular complexity index is 642. The molecule has 3 aliphatic rings. The van der Waals surface area contributed by atoms with Gasteiger partial charge in [-0.25, -0.2) is 0 Å². The predicted molar refractivity (Wildman–Crippen MR) is 96.1 cm³/mol. The van der Waals surface area contributed by atoms with Crippen LogP contribution in [0.25, 0.3) is 0 Å². The van der Waals surface area contributed by atoms with Gasteiger partial charge in [0.05, 0.1) is 6.04 Å². The number of likely N-dealkylation sites (tertiary alicyclic amines) is 2. The van der Waals surface area contributed by atoms with Crippen LogP contribution in [0, 0.1) is 5.92 Å². The molecule has 1 N–H and O–H groups in total. The average Bonchev–Trinajstić information content (AvgIpc) is 3.20. The second kappa shape index (κ2) is 6.79. The number of likely N-dealkylation sites (N-methyl/N-ethyl adjacent to an activating group) is 1. The first kappa shape index (κ1) is 16.6. The van der Waals surface area contributed by atoms with Gasteiger partial charge in [-0.3, -0.25) is 14.5 Å². The molecule has 5 nitrogen and oxygen atoms in total. The van der Waals surface area contributed by atoms with Crippen molar-refractivity contribution in [2.45, 2.75) is 44.2 Å². The Balaban J connectivity index is 1.27. The molecule has 0 radical (unpaired) electrons. The van der Waals surface area contributed by atoms with Gasteiger partial charge in [-0.1, -0.05) is 24.3 Å². The van der Waals surface area contributed by atoms with Crippen LogP contribution in [0.5, 0.6) is 0 Å². The molecule has 1 aliphatic carbocycles. The Morgan fingerprint density at radius 1 is 1.04 bits per heavy atom. The molecule has 0 saturated carbocycles. The van der Waals surface area contributed by atoms with E-state index in [1.54, 1.807) is 0 Å². The van der Waals surface area contributed by atoms with Crippen molar-refractivity contribution in [2.75, 3.05) is 26.7 Å². The highest BCUT2D eigenvalue weighted by Crippen LogP contribution is 2.27. The van der Waals surface area contributed by atoms with Gasteiger partial charge in [-0.05, 0) is 43.2 Å². The predicted octanol–water partition coefficient (Wildman–Crippen LogP) is 1.21. The fourth-order valence-corrected chi connectivity index (χ4v) is 4.56. The Kier molecular flexibility index (Phi) is 4.50. The van der Waals surface area contributed by atoms with E-state index in [9.17, 15) is 9.59 Å². The van der Waals surface area contributed by atoms with E-state index >= 15 is 0 Å². The van der Waals surface area contributed by atoms with E-state index in [1.807, 2.05) is 11.9 Å². The zero-order valence-corrected chi connectivity index (χ0v) is 14.9. The fraction of sp³-hybridized carbons (Fsp3) is 0.600. The number of nitrogens with zero attached hydrogens (tertiary/aromatic N) is 2. The van der Waals surface area contributed by atoms with Crippen molar-refractivity contribution in [3.05, 3.63) is 35.4 Å². The lowest BCUT2D eigenvalue weighted by Crippen LogP contribution is -2.50. The van der Waals surface area contributed by atoms with Gasteiger partial charge in [0, 0.05) is 38.6 Å². The maximum atomic E-state index is 12.6. The largest absolute Gasteiger partial charge is 0.353 e. The SMILES string of the molecule is CN1CCC(N2CCC(NC(=O)C3Cc4ccccc4C3)CC2)C1=O. The molecule has 134 valence electrons. The number of carbonyl (C=O) groups excluding carboxylic acids is 2. The van der Waals surface area contributed by atoms with Crippen molar-refractivity contribution < 1.29 is 9.59 Å². The first-order chi connectivity index (χ1) is 12.1. The second-order valence-electron chi connectivity index (χ2n) is 7.76. The zero-order valence-electron chi connectivity index (χ0n) is 14.9. The third kappa shape index (κ3) is 3.30. The van der Waals surface area contributed by atoms with Crippen molar-refractivity contribution in [1.82, 2.24) is 15.1 Å². The first-order valence-corrected chi connectivity index (χ1v) is 9.48. The second-order valence-corrected chi connectivity index (χ2v) is 7.76. The van der Waals surface area contributed by atoms with Gasteiger partial charge >= 0.3 is 0 Å². The molecule has 0 aromatic heterocycles. The smallest absolute Gasteiger partial charge is 0.239 e. The maximum absolute atomic E-state index is 12.6. The van der Waals surface area contributed by atoms with Gasteiger partial charge in [0.2, 0.25) is 11.8 Å². The normalized spacial score (nSPS) is 25.4. The summed E-state index contributed by atoms with van der Waals surface area (Å²) < 4.78 is 0. The molecule has 1 aromatic rings. The minimum absolute atomic E-state index is 0.0611. The summed E-state index contributed by atoms with van der Waals surface area (Å²) in [7, 11) is 1.88. The summed E-state index contributed by atoms with van der Waals surface area (Å²) >= 11 is 0. The van der Waals surface area contributed by atoms with Gasteiger partial charge in [-0.15, -0.1) is 0 Å². The van der Waals surface area contributed by atoms with Crippen molar-refractivity contribution in [1.29, 1.82) is 0 Å². The highest BCUT2D eigenvalue weighted by Gasteiger charge is 2.36.